The Morgan fingerprint density at radius 2 is 1.83 bits per heavy atom. The fourth-order valence-corrected chi connectivity index (χ4v) is 5.89. The minimum absolute atomic E-state index is 0.0834. The average molecular weight is 438 g/mol. The summed E-state index contributed by atoms with van der Waals surface area (Å²) in [5, 5.41) is 0. The molecule has 1 aliphatic carbocycles. The molecule has 1 aliphatic heterocycles. The normalized spacial score (nSPS) is 19.9. The number of methoxy groups -OCH3 is 1. The number of esters is 1. The van der Waals surface area contributed by atoms with E-state index in [-0.39, 0.29) is 17.0 Å². The van der Waals surface area contributed by atoms with Gasteiger partial charge in [0.1, 0.15) is 6.54 Å². The number of oxazole rings is 1. The van der Waals surface area contributed by atoms with Gasteiger partial charge in [0.2, 0.25) is 10.0 Å². The SMILES string of the molecule is COC(=O)Cn1c(=O)oc2cc(S(=O)(=O)N3CCN(C4CCCCC4)CC3)ccc21. The van der Waals surface area contributed by atoms with E-state index in [1.165, 1.54) is 61.7 Å². The van der Waals surface area contributed by atoms with Crippen LogP contribution in [0.3, 0.4) is 0 Å². The largest absolute Gasteiger partial charge is 0.468 e. The number of carbonyl (C=O) groups is 1. The zero-order valence-corrected chi connectivity index (χ0v) is 17.9. The molecule has 0 spiro atoms. The Labute approximate surface area is 175 Å². The van der Waals surface area contributed by atoms with Gasteiger partial charge in [-0.3, -0.25) is 14.3 Å². The lowest BCUT2D eigenvalue weighted by atomic mass is 9.94. The third-order valence-electron chi connectivity index (χ3n) is 6.16. The second-order valence-electron chi connectivity index (χ2n) is 7.89. The van der Waals surface area contributed by atoms with E-state index in [4.69, 9.17) is 4.42 Å². The van der Waals surface area contributed by atoms with Gasteiger partial charge in [0, 0.05) is 38.3 Å². The van der Waals surface area contributed by atoms with Crippen molar-refractivity contribution < 1.29 is 22.4 Å². The lowest BCUT2D eigenvalue weighted by Crippen LogP contribution is -2.52. The fraction of sp³-hybridized carbons (Fsp3) is 0.600. The van der Waals surface area contributed by atoms with E-state index < -0.39 is 21.7 Å². The molecule has 0 amide bonds. The molecule has 0 radical (unpaired) electrons. The van der Waals surface area contributed by atoms with Gasteiger partial charge < -0.3 is 9.15 Å². The standard InChI is InChI=1S/C20H27N3O6S/c1-28-19(24)14-23-17-8-7-16(13-18(17)29-20(23)25)30(26,27)22-11-9-21(10-12-22)15-5-3-2-4-6-15/h7-8,13,15H,2-6,9-12,14H2,1H3. The maximum absolute atomic E-state index is 13.1. The Kier molecular flexibility index (Phi) is 5.99. The van der Waals surface area contributed by atoms with E-state index in [1.54, 1.807) is 0 Å². The van der Waals surface area contributed by atoms with Gasteiger partial charge >= 0.3 is 11.7 Å². The quantitative estimate of drug-likeness (QED) is 0.652. The molecular formula is C20H27N3O6S. The summed E-state index contributed by atoms with van der Waals surface area (Å²) in [5.74, 6) is -1.32. The Bertz CT molecular complexity index is 1080. The first kappa shape index (κ1) is 21.1. The van der Waals surface area contributed by atoms with Crippen molar-refractivity contribution in [3.05, 3.63) is 28.7 Å². The molecule has 1 saturated heterocycles. The molecule has 1 aromatic heterocycles. The molecule has 1 saturated carbocycles. The van der Waals surface area contributed by atoms with Gasteiger partial charge in [-0.25, -0.2) is 13.2 Å². The highest BCUT2D eigenvalue weighted by atomic mass is 32.2. The zero-order chi connectivity index (χ0) is 21.3. The van der Waals surface area contributed by atoms with E-state index in [1.807, 2.05) is 0 Å². The first-order valence-electron chi connectivity index (χ1n) is 10.3. The molecule has 30 heavy (non-hydrogen) atoms. The van der Waals surface area contributed by atoms with Crippen LogP contribution in [-0.4, -0.2) is 67.5 Å². The monoisotopic (exact) mass is 437 g/mol. The number of rotatable bonds is 5. The predicted molar refractivity (Wildman–Crippen MR) is 110 cm³/mol. The van der Waals surface area contributed by atoms with Gasteiger partial charge in [0.25, 0.3) is 0 Å². The molecule has 0 N–H and O–H groups in total. The molecular weight excluding hydrogens is 410 g/mol. The number of benzene rings is 1. The highest BCUT2D eigenvalue weighted by Crippen LogP contribution is 2.26. The van der Waals surface area contributed by atoms with Gasteiger partial charge in [-0.05, 0) is 25.0 Å². The van der Waals surface area contributed by atoms with Crippen molar-refractivity contribution in [3.8, 4) is 0 Å². The molecule has 0 unspecified atom stereocenters. The smallest absolute Gasteiger partial charge is 0.420 e. The second kappa shape index (κ2) is 8.52. The molecule has 0 bridgehead atoms. The average Bonchev–Trinajstić information content (AvgIpc) is 3.08. The number of hydrogen-bond donors (Lipinski definition) is 0. The van der Waals surface area contributed by atoms with E-state index in [9.17, 15) is 18.0 Å². The number of ether oxygens (including phenoxy) is 1. The van der Waals surface area contributed by atoms with Crippen LogP contribution in [0.5, 0.6) is 0 Å². The molecule has 2 fully saturated rings. The number of sulfonamides is 1. The van der Waals surface area contributed by atoms with Crippen LogP contribution in [0.25, 0.3) is 11.1 Å². The maximum Gasteiger partial charge on any atom is 0.420 e. The summed E-state index contributed by atoms with van der Waals surface area (Å²) >= 11 is 0. The third kappa shape index (κ3) is 4.03. The number of aromatic nitrogens is 1. The van der Waals surface area contributed by atoms with Crippen LogP contribution in [0.1, 0.15) is 32.1 Å². The van der Waals surface area contributed by atoms with Gasteiger partial charge in [0.15, 0.2) is 5.58 Å². The van der Waals surface area contributed by atoms with E-state index in [0.717, 1.165) is 17.7 Å². The summed E-state index contributed by atoms with van der Waals surface area (Å²) in [6.45, 7) is 2.07. The first-order chi connectivity index (χ1) is 14.4. The van der Waals surface area contributed by atoms with Crippen LogP contribution in [0, 0.1) is 0 Å². The molecule has 2 aliphatic rings. The number of piperazine rings is 1. The number of carbonyl (C=O) groups excluding carboxylic acids is 1. The summed E-state index contributed by atoms with van der Waals surface area (Å²) in [4.78, 5) is 26.1. The van der Waals surface area contributed by atoms with Gasteiger partial charge in [-0.15, -0.1) is 0 Å². The Morgan fingerprint density at radius 1 is 1.13 bits per heavy atom. The third-order valence-corrected chi connectivity index (χ3v) is 8.05. The molecule has 2 aromatic rings. The second-order valence-corrected chi connectivity index (χ2v) is 9.83. The van der Waals surface area contributed by atoms with Crippen molar-refractivity contribution in [2.24, 2.45) is 0 Å². The van der Waals surface area contributed by atoms with Gasteiger partial charge in [0.05, 0.1) is 17.5 Å². The molecule has 2 heterocycles. The summed E-state index contributed by atoms with van der Waals surface area (Å²) in [5.41, 5.74) is 0.484. The Hall–Kier alpha value is -2.17. The van der Waals surface area contributed by atoms with E-state index >= 15 is 0 Å². The van der Waals surface area contributed by atoms with Crippen LogP contribution in [0.2, 0.25) is 0 Å². The summed E-state index contributed by atoms with van der Waals surface area (Å²) < 4.78 is 38.7. The Morgan fingerprint density at radius 3 is 2.50 bits per heavy atom. The Balaban J connectivity index is 1.51. The minimum atomic E-state index is -3.70. The van der Waals surface area contributed by atoms with Crippen LogP contribution in [0.15, 0.2) is 32.3 Å². The molecule has 164 valence electrons. The first-order valence-corrected chi connectivity index (χ1v) is 11.8. The van der Waals surface area contributed by atoms with Crippen LogP contribution < -0.4 is 5.76 Å². The van der Waals surface area contributed by atoms with Crippen molar-refractivity contribution in [1.29, 1.82) is 0 Å². The van der Waals surface area contributed by atoms with Crippen LogP contribution in [0.4, 0.5) is 0 Å². The lowest BCUT2D eigenvalue weighted by Gasteiger charge is -2.40. The van der Waals surface area contributed by atoms with Crippen molar-refractivity contribution in [2.45, 2.75) is 49.6 Å². The predicted octanol–water partition coefficient (Wildman–Crippen LogP) is 1.41. The van der Waals surface area contributed by atoms with Crippen molar-refractivity contribution in [1.82, 2.24) is 13.8 Å². The fourth-order valence-electron chi connectivity index (χ4n) is 4.45. The highest BCUT2D eigenvalue weighted by molar-refractivity contribution is 7.89. The number of hydrogen-bond acceptors (Lipinski definition) is 7. The van der Waals surface area contributed by atoms with Crippen molar-refractivity contribution in [2.75, 3.05) is 33.3 Å². The topological polar surface area (TPSA) is 102 Å². The molecule has 4 rings (SSSR count). The molecule has 10 heteroatoms. The van der Waals surface area contributed by atoms with Gasteiger partial charge in [-0.1, -0.05) is 19.3 Å². The molecule has 0 atom stereocenters. The minimum Gasteiger partial charge on any atom is -0.468 e. The van der Waals surface area contributed by atoms with Gasteiger partial charge in [-0.2, -0.15) is 4.31 Å². The summed E-state index contributed by atoms with van der Waals surface area (Å²) in [6, 6.07) is 4.87. The van der Waals surface area contributed by atoms with Crippen molar-refractivity contribution >= 4 is 27.1 Å². The zero-order valence-electron chi connectivity index (χ0n) is 17.1. The maximum atomic E-state index is 13.1. The highest BCUT2D eigenvalue weighted by Gasteiger charge is 2.32. The summed E-state index contributed by atoms with van der Waals surface area (Å²) in [6.07, 6.45) is 6.20. The van der Waals surface area contributed by atoms with E-state index in [0.29, 0.717) is 24.6 Å². The van der Waals surface area contributed by atoms with Crippen LogP contribution >= 0.6 is 0 Å². The molecule has 9 nitrogen and oxygen atoms in total. The summed E-state index contributed by atoms with van der Waals surface area (Å²) in [7, 11) is -2.46. The van der Waals surface area contributed by atoms with E-state index in [2.05, 4.69) is 9.64 Å². The lowest BCUT2D eigenvalue weighted by molar-refractivity contribution is -0.141. The van der Waals surface area contributed by atoms with Crippen molar-refractivity contribution in [3.63, 3.8) is 0 Å². The molecule has 1 aromatic carbocycles. The number of nitrogens with zero attached hydrogens (tertiary/aromatic N) is 3. The number of fused-ring (bicyclic) bond motifs is 1. The van der Waals surface area contributed by atoms with Crippen LogP contribution in [-0.2, 0) is 26.1 Å².